The van der Waals surface area contributed by atoms with Crippen molar-refractivity contribution in [3.8, 4) is 0 Å². The number of hydrogen-bond acceptors (Lipinski definition) is 9. The molecule has 0 aromatic carbocycles. The third-order valence-electron chi connectivity index (χ3n) is 9.66. The molecule has 0 spiro atoms. The van der Waals surface area contributed by atoms with Crippen molar-refractivity contribution < 1.29 is 4.74 Å². The summed E-state index contributed by atoms with van der Waals surface area (Å²) < 4.78 is 5.36. The molecule has 3 aromatic heterocycles. The molecule has 6 heterocycles. The Bertz CT molecular complexity index is 1270. The van der Waals surface area contributed by atoms with E-state index in [4.69, 9.17) is 4.74 Å². The van der Waals surface area contributed by atoms with Crippen LogP contribution in [0.15, 0.2) is 36.8 Å². The standard InChI is InChI=1S/C13H21N3.C13H20N2O.C12H19N3/c1-10(2)12-7-13(15-14-8-12)6-11-4-5-16(3)9-11;1-10(2)12-8-13(15-14-9-12)7-11-3-5-16-6-4-11;1-9(2)11-6-12(15-14-8-11)5-10-3-4-13-7-10/h7-8,10-11H,4-6,9H2,1-3H3;8-11H,3-7H2,1-2H3;6,8-10,13H,3-5,7H2,1-2H3. The third-order valence-corrected chi connectivity index (χ3v) is 9.66. The van der Waals surface area contributed by atoms with E-state index in [-0.39, 0.29) is 0 Å². The van der Waals surface area contributed by atoms with E-state index in [2.05, 4.69) is 108 Å². The van der Waals surface area contributed by atoms with Gasteiger partial charge in [-0.05, 0) is 142 Å². The topological polar surface area (TPSA) is 102 Å². The second-order valence-corrected chi connectivity index (χ2v) is 14.8. The van der Waals surface area contributed by atoms with Gasteiger partial charge in [0.05, 0.1) is 35.7 Å². The molecule has 6 rings (SSSR count). The van der Waals surface area contributed by atoms with Crippen molar-refractivity contribution in [1.82, 2.24) is 40.8 Å². The average molecular weight is 645 g/mol. The maximum Gasteiger partial charge on any atom is 0.0637 e. The Morgan fingerprint density at radius 1 is 0.660 bits per heavy atom. The van der Waals surface area contributed by atoms with Crippen molar-refractivity contribution in [2.24, 2.45) is 17.8 Å². The van der Waals surface area contributed by atoms with Gasteiger partial charge >= 0.3 is 0 Å². The molecule has 2 atom stereocenters. The first-order valence-electron chi connectivity index (χ1n) is 18.1. The average Bonchev–Trinajstić information content (AvgIpc) is 3.74. The lowest BCUT2D eigenvalue weighted by molar-refractivity contribution is 0.0662. The van der Waals surface area contributed by atoms with Crippen LogP contribution in [0.4, 0.5) is 0 Å². The van der Waals surface area contributed by atoms with Gasteiger partial charge in [0.2, 0.25) is 0 Å². The number of ether oxygens (including phenoxy) is 1. The smallest absolute Gasteiger partial charge is 0.0637 e. The summed E-state index contributed by atoms with van der Waals surface area (Å²) in [5, 5.41) is 28.3. The van der Waals surface area contributed by atoms with Crippen LogP contribution in [0.5, 0.6) is 0 Å². The van der Waals surface area contributed by atoms with Gasteiger partial charge < -0.3 is 15.0 Å². The fourth-order valence-electron chi connectivity index (χ4n) is 6.45. The molecule has 0 bridgehead atoms. The van der Waals surface area contributed by atoms with Crippen LogP contribution in [0, 0.1) is 17.8 Å². The molecule has 0 saturated carbocycles. The monoisotopic (exact) mass is 644 g/mol. The summed E-state index contributed by atoms with van der Waals surface area (Å²) in [6.07, 6.45) is 13.7. The van der Waals surface area contributed by atoms with E-state index in [0.29, 0.717) is 17.8 Å². The minimum absolute atomic E-state index is 0.531. The molecule has 258 valence electrons. The molecule has 0 aliphatic carbocycles. The number of hydrogen-bond donors (Lipinski definition) is 1. The highest BCUT2D eigenvalue weighted by molar-refractivity contribution is 5.18. The first kappa shape index (κ1) is 36.9. The van der Waals surface area contributed by atoms with Gasteiger partial charge in [0.25, 0.3) is 0 Å². The number of nitrogens with zero attached hydrogens (tertiary/aromatic N) is 7. The molecule has 9 nitrogen and oxygen atoms in total. The first-order valence-corrected chi connectivity index (χ1v) is 18.1. The Hall–Kier alpha value is -2.88. The van der Waals surface area contributed by atoms with Crippen molar-refractivity contribution in [3.05, 3.63) is 70.6 Å². The molecular formula is C38H60N8O. The van der Waals surface area contributed by atoms with Crippen LogP contribution in [0.25, 0.3) is 0 Å². The summed E-state index contributed by atoms with van der Waals surface area (Å²) >= 11 is 0. The molecular weight excluding hydrogens is 584 g/mol. The number of aromatic nitrogens is 6. The Balaban J connectivity index is 0.000000160. The maximum absolute atomic E-state index is 5.36. The summed E-state index contributed by atoms with van der Waals surface area (Å²) in [5.41, 5.74) is 7.33. The van der Waals surface area contributed by atoms with Gasteiger partial charge in [-0.15, -0.1) is 0 Å². The normalized spacial score (nSPS) is 20.3. The molecule has 0 radical (unpaired) electrons. The van der Waals surface area contributed by atoms with Gasteiger partial charge in [-0.1, -0.05) is 41.5 Å². The number of likely N-dealkylation sites (tertiary alicyclic amines) is 1. The van der Waals surface area contributed by atoms with Crippen LogP contribution in [0.1, 0.15) is 119 Å². The van der Waals surface area contributed by atoms with E-state index >= 15 is 0 Å². The highest BCUT2D eigenvalue weighted by atomic mass is 16.5. The predicted molar refractivity (Wildman–Crippen MR) is 190 cm³/mol. The first-order chi connectivity index (χ1) is 22.7. The van der Waals surface area contributed by atoms with E-state index in [0.717, 1.165) is 93.2 Å². The minimum atomic E-state index is 0.531. The lowest BCUT2D eigenvalue weighted by atomic mass is 9.94. The van der Waals surface area contributed by atoms with Crippen molar-refractivity contribution >= 4 is 0 Å². The third kappa shape index (κ3) is 12.9. The van der Waals surface area contributed by atoms with Crippen molar-refractivity contribution in [2.45, 2.75) is 104 Å². The van der Waals surface area contributed by atoms with Crippen LogP contribution in [-0.2, 0) is 24.0 Å². The van der Waals surface area contributed by atoms with E-state index in [1.54, 1.807) is 0 Å². The van der Waals surface area contributed by atoms with Gasteiger partial charge in [0, 0.05) is 19.8 Å². The minimum Gasteiger partial charge on any atom is -0.381 e. The molecule has 9 heteroatoms. The summed E-state index contributed by atoms with van der Waals surface area (Å²) in [6.45, 7) is 19.7. The maximum atomic E-state index is 5.36. The van der Waals surface area contributed by atoms with Crippen molar-refractivity contribution in [1.29, 1.82) is 0 Å². The molecule has 1 N–H and O–H groups in total. The molecule has 3 aliphatic rings. The zero-order chi connectivity index (χ0) is 33.6. The van der Waals surface area contributed by atoms with E-state index in [1.165, 1.54) is 42.6 Å². The zero-order valence-electron chi connectivity index (χ0n) is 30.2. The van der Waals surface area contributed by atoms with Crippen LogP contribution in [0.3, 0.4) is 0 Å². The Labute approximate surface area is 284 Å². The van der Waals surface area contributed by atoms with Gasteiger partial charge in [0.1, 0.15) is 0 Å². The van der Waals surface area contributed by atoms with Crippen LogP contribution in [-0.4, -0.2) is 81.9 Å². The van der Waals surface area contributed by atoms with E-state index in [1.807, 2.05) is 18.6 Å². The Morgan fingerprint density at radius 3 is 1.53 bits per heavy atom. The van der Waals surface area contributed by atoms with Gasteiger partial charge in [-0.3, -0.25) is 0 Å². The molecule has 3 aromatic rings. The fourth-order valence-corrected chi connectivity index (χ4v) is 6.45. The summed E-state index contributed by atoms with van der Waals surface area (Å²) in [7, 11) is 2.19. The lowest BCUT2D eigenvalue weighted by Crippen LogP contribution is -2.18. The summed E-state index contributed by atoms with van der Waals surface area (Å²) in [4.78, 5) is 2.39. The fraction of sp³-hybridized carbons (Fsp3) is 0.684. The molecule has 0 amide bonds. The summed E-state index contributed by atoms with van der Waals surface area (Å²) in [6, 6.07) is 6.62. The van der Waals surface area contributed by atoms with Crippen LogP contribution in [0.2, 0.25) is 0 Å². The van der Waals surface area contributed by atoms with Gasteiger partial charge in [0.15, 0.2) is 0 Å². The molecule has 2 unspecified atom stereocenters. The second-order valence-electron chi connectivity index (χ2n) is 14.8. The zero-order valence-corrected chi connectivity index (χ0v) is 30.2. The highest BCUT2D eigenvalue weighted by Gasteiger charge is 2.21. The largest absolute Gasteiger partial charge is 0.381 e. The van der Waals surface area contributed by atoms with Crippen molar-refractivity contribution in [2.75, 3.05) is 46.4 Å². The molecule has 47 heavy (non-hydrogen) atoms. The van der Waals surface area contributed by atoms with E-state index in [9.17, 15) is 0 Å². The predicted octanol–water partition coefficient (Wildman–Crippen LogP) is 6.42. The molecule has 3 fully saturated rings. The molecule has 3 saturated heterocycles. The Morgan fingerprint density at radius 2 is 1.13 bits per heavy atom. The quantitative estimate of drug-likeness (QED) is 0.283. The van der Waals surface area contributed by atoms with Crippen molar-refractivity contribution in [3.63, 3.8) is 0 Å². The lowest BCUT2D eigenvalue weighted by Gasteiger charge is -2.21. The number of nitrogens with one attached hydrogen (secondary N) is 1. The molecule has 3 aliphatic heterocycles. The second kappa shape index (κ2) is 19.2. The van der Waals surface area contributed by atoms with Crippen LogP contribution < -0.4 is 5.32 Å². The SMILES string of the molecule is CC(C)c1cnnc(CC2CCN(C)C2)c1.CC(C)c1cnnc(CC2CCNC2)c1.CC(C)c1cnnc(CC2CCOCC2)c1. The Kier molecular flexibility index (Phi) is 15.1. The number of rotatable bonds is 9. The highest BCUT2D eigenvalue weighted by Crippen LogP contribution is 2.22. The van der Waals surface area contributed by atoms with E-state index < -0.39 is 0 Å². The van der Waals surface area contributed by atoms with Crippen LogP contribution >= 0.6 is 0 Å². The summed E-state index contributed by atoms with van der Waals surface area (Å²) in [5.74, 6) is 3.86. The van der Waals surface area contributed by atoms with Gasteiger partial charge in [-0.2, -0.15) is 30.6 Å². The van der Waals surface area contributed by atoms with Gasteiger partial charge in [-0.25, -0.2) is 0 Å².